The first-order valence-electron chi connectivity index (χ1n) is 9.55. The SMILES string of the molecule is Cc1cc(-c2nn(C)c(Cl)c2C(=O)N2CCCC(NCCC(C)C)C2)no1. The second kappa shape index (κ2) is 8.44. The van der Waals surface area contributed by atoms with Gasteiger partial charge >= 0.3 is 0 Å². The van der Waals surface area contributed by atoms with E-state index in [0.29, 0.717) is 46.4 Å². The highest BCUT2D eigenvalue weighted by atomic mass is 35.5. The average Bonchev–Trinajstić information content (AvgIpc) is 3.18. The molecule has 0 saturated carbocycles. The quantitative estimate of drug-likeness (QED) is 0.815. The summed E-state index contributed by atoms with van der Waals surface area (Å²) in [7, 11) is 1.72. The first kappa shape index (κ1) is 19.9. The van der Waals surface area contributed by atoms with Crippen molar-refractivity contribution in [1.29, 1.82) is 0 Å². The molecule has 1 saturated heterocycles. The van der Waals surface area contributed by atoms with Gasteiger partial charge in [0.05, 0.1) is 0 Å². The third kappa shape index (κ3) is 4.52. The van der Waals surface area contributed by atoms with Gasteiger partial charge in [-0.25, -0.2) is 0 Å². The molecular weight excluding hydrogens is 366 g/mol. The van der Waals surface area contributed by atoms with Gasteiger partial charge in [0.15, 0.2) is 0 Å². The lowest BCUT2D eigenvalue weighted by atomic mass is 10.0. The predicted molar refractivity (Wildman–Crippen MR) is 105 cm³/mol. The van der Waals surface area contributed by atoms with E-state index < -0.39 is 0 Å². The van der Waals surface area contributed by atoms with E-state index in [-0.39, 0.29) is 5.91 Å². The van der Waals surface area contributed by atoms with E-state index >= 15 is 0 Å². The summed E-state index contributed by atoms with van der Waals surface area (Å²) in [6.45, 7) is 8.62. The van der Waals surface area contributed by atoms with Gasteiger partial charge in [-0.05, 0) is 38.6 Å². The van der Waals surface area contributed by atoms with Gasteiger partial charge in [0.25, 0.3) is 5.91 Å². The Kier molecular flexibility index (Phi) is 6.22. The minimum absolute atomic E-state index is 0.0980. The van der Waals surface area contributed by atoms with Gasteiger partial charge in [-0.1, -0.05) is 30.6 Å². The van der Waals surface area contributed by atoms with E-state index in [2.05, 4.69) is 29.4 Å². The van der Waals surface area contributed by atoms with Crippen molar-refractivity contribution in [3.05, 3.63) is 22.5 Å². The summed E-state index contributed by atoms with van der Waals surface area (Å²) in [5.74, 6) is 1.23. The number of nitrogens with one attached hydrogen (secondary N) is 1. The van der Waals surface area contributed by atoms with Gasteiger partial charge in [-0.3, -0.25) is 9.48 Å². The van der Waals surface area contributed by atoms with E-state index in [1.807, 2.05) is 4.90 Å². The first-order chi connectivity index (χ1) is 12.9. The zero-order chi connectivity index (χ0) is 19.6. The number of aryl methyl sites for hydroxylation is 2. The van der Waals surface area contributed by atoms with E-state index in [4.69, 9.17) is 16.1 Å². The lowest BCUT2D eigenvalue weighted by Crippen LogP contribution is -2.48. The molecule has 1 unspecified atom stereocenters. The normalized spacial score (nSPS) is 17.7. The summed E-state index contributed by atoms with van der Waals surface area (Å²) in [6.07, 6.45) is 3.19. The van der Waals surface area contributed by atoms with Gasteiger partial charge in [0.2, 0.25) is 0 Å². The Morgan fingerprint density at radius 2 is 2.26 bits per heavy atom. The van der Waals surface area contributed by atoms with Crippen LogP contribution in [0.25, 0.3) is 11.4 Å². The van der Waals surface area contributed by atoms with Crippen molar-refractivity contribution in [3.8, 4) is 11.4 Å². The molecule has 1 atom stereocenters. The maximum absolute atomic E-state index is 13.3. The Hall–Kier alpha value is -1.86. The topological polar surface area (TPSA) is 76.2 Å². The first-order valence-corrected chi connectivity index (χ1v) is 9.93. The van der Waals surface area contributed by atoms with Crippen molar-refractivity contribution in [3.63, 3.8) is 0 Å². The fraction of sp³-hybridized carbons (Fsp3) is 0.632. The number of carbonyl (C=O) groups excluding carboxylic acids is 1. The minimum atomic E-state index is -0.0980. The largest absolute Gasteiger partial charge is 0.361 e. The summed E-state index contributed by atoms with van der Waals surface area (Å²) in [4.78, 5) is 15.1. The van der Waals surface area contributed by atoms with Gasteiger partial charge in [0.1, 0.15) is 27.9 Å². The van der Waals surface area contributed by atoms with Crippen molar-refractivity contribution in [2.24, 2.45) is 13.0 Å². The summed E-state index contributed by atoms with van der Waals surface area (Å²) in [5.41, 5.74) is 1.40. The van der Waals surface area contributed by atoms with Crippen LogP contribution in [0.2, 0.25) is 5.15 Å². The number of amides is 1. The van der Waals surface area contributed by atoms with Crippen molar-refractivity contribution >= 4 is 17.5 Å². The molecule has 2 aromatic heterocycles. The molecule has 3 heterocycles. The number of carbonyl (C=O) groups is 1. The van der Waals surface area contributed by atoms with E-state index in [9.17, 15) is 4.79 Å². The van der Waals surface area contributed by atoms with Crippen molar-refractivity contribution in [2.45, 2.75) is 46.1 Å². The Morgan fingerprint density at radius 1 is 1.48 bits per heavy atom. The summed E-state index contributed by atoms with van der Waals surface area (Å²) >= 11 is 6.42. The molecule has 148 valence electrons. The highest BCUT2D eigenvalue weighted by Crippen LogP contribution is 2.30. The maximum Gasteiger partial charge on any atom is 0.259 e. The number of hydrogen-bond acceptors (Lipinski definition) is 5. The van der Waals surface area contributed by atoms with Crippen LogP contribution in [0, 0.1) is 12.8 Å². The molecule has 1 N–H and O–H groups in total. The monoisotopic (exact) mass is 393 g/mol. The number of nitrogens with zero attached hydrogens (tertiary/aromatic N) is 4. The standard InChI is InChI=1S/C19H28ClN5O2/c1-12(2)7-8-21-14-6-5-9-25(11-14)19(26)16-17(22-24(4)18(16)20)15-10-13(3)27-23-15/h10,12,14,21H,5-9,11H2,1-4H3. The molecule has 0 bridgehead atoms. The molecule has 8 heteroatoms. The van der Waals surface area contributed by atoms with Crippen LogP contribution in [-0.4, -0.2) is 51.4 Å². The molecule has 1 aliphatic heterocycles. The number of hydrogen-bond donors (Lipinski definition) is 1. The van der Waals surface area contributed by atoms with Gasteiger partial charge < -0.3 is 14.7 Å². The number of piperidine rings is 1. The molecule has 27 heavy (non-hydrogen) atoms. The molecule has 2 aromatic rings. The molecule has 3 rings (SSSR count). The second-order valence-electron chi connectivity index (χ2n) is 7.69. The fourth-order valence-electron chi connectivity index (χ4n) is 3.41. The smallest absolute Gasteiger partial charge is 0.259 e. The Morgan fingerprint density at radius 3 is 2.93 bits per heavy atom. The van der Waals surface area contributed by atoms with Gasteiger partial charge in [0, 0.05) is 32.2 Å². The molecule has 7 nitrogen and oxygen atoms in total. The molecular formula is C19H28ClN5O2. The van der Waals surface area contributed by atoms with Crippen LogP contribution in [0.15, 0.2) is 10.6 Å². The van der Waals surface area contributed by atoms with E-state index in [1.165, 1.54) is 4.68 Å². The predicted octanol–water partition coefficient (Wildman–Crippen LogP) is 3.28. The Balaban J connectivity index is 1.77. The molecule has 1 fully saturated rings. The van der Waals surface area contributed by atoms with E-state index in [0.717, 1.165) is 32.4 Å². The van der Waals surface area contributed by atoms with Crippen molar-refractivity contribution in [1.82, 2.24) is 25.2 Å². The van der Waals surface area contributed by atoms with Crippen LogP contribution in [0.5, 0.6) is 0 Å². The third-order valence-corrected chi connectivity index (χ3v) is 5.36. The fourth-order valence-corrected chi connectivity index (χ4v) is 3.62. The molecule has 0 radical (unpaired) electrons. The molecule has 1 amide bonds. The molecule has 1 aliphatic rings. The minimum Gasteiger partial charge on any atom is -0.361 e. The summed E-state index contributed by atoms with van der Waals surface area (Å²) in [6, 6.07) is 2.08. The maximum atomic E-state index is 13.3. The van der Waals surface area contributed by atoms with Gasteiger partial charge in [-0.15, -0.1) is 0 Å². The molecule has 0 aliphatic carbocycles. The Labute approximate surface area is 165 Å². The van der Waals surface area contributed by atoms with Crippen LogP contribution < -0.4 is 5.32 Å². The van der Waals surface area contributed by atoms with Crippen LogP contribution in [-0.2, 0) is 7.05 Å². The van der Waals surface area contributed by atoms with Gasteiger partial charge in [-0.2, -0.15) is 5.10 Å². The number of likely N-dealkylation sites (tertiary alicyclic amines) is 1. The third-order valence-electron chi connectivity index (χ3n) is 4.92. The van der Waals surface area contributed by atoms with Crippen LogP contribution in [0.4, 0.5) is 0 Å². The van der Waals surface area contributed by atoms with Crippen LogP contribution >= 0.6 is 11.6 Å². The van der Waals surface area contributed by atoms with Crippen molar-refractivity contribution < 1.29 is 9.32 Å². The lowest BCUT2D eigenvalue weighted by Gasteiger charge is -2.33. The summed E-state index contributed by atoms with van der Waals surface area (Å²) < 4.78 is 6.66. The lowest BCUT2D eigenvalue weighted by molar-refractivity contribution is 0.0695. The zero-order valence-electron chi connectivity index (χ0n) is 16.5. The molecule has 0 aromatic carbocycles. The highest BCUT2D eigenvalue weighted by Gasteiger charge is 2.31. The number of halogens is 1. The molecule has 0 spiro atoms. The number of rotatable bonds is 6. The average molecular weight is 394 g/mol. The second-order valence-corrected chi connectivity index (χ2v) is 8.05. The Bertz CT molecular complexity index is 798. The van der Waals surface area contributed by atoms with E-state index in [1.54, 1.807) is 20.0 Å². The van der Waals surface area contributed by atoms with Crippen LogP contribution in [0.1, 0.15) is 49.2 Å². The zero-order valence-corrected chi connectivity index (χ0v) is 17.2. The number of aromatic nitrogens is 3. The summed E-state index contributed by atoms with van der Waals surface area (Å²) in [5, 5.41) is 12.3. The van der Waals surface area contributed by atoms with Crippen LogP contribution in [0.3, 0.4) is 0 Å². The van der Waals surface area contributed by atoms with Crippen molar-refractivity contribution in [2.75, 3.05) is 19.6 Å². The highest BCUT2D eigenvalue weighted by molar-refractivity contribution is 6.33.